The Kier molecular flexibility index (Phi) is 5.47. The smallest absolute Gasteiger partial charge is 0.293 e. The number of fused-ring (bicyclic) bond motifs is 2. The van der Waals surface area contributed by atoms with E-state index in [0.29, 0.717) is 24.6 Å². The third-order valence-corrected chi connectivity index (χ3v) is 6.95. The van der Waals surface area contributed by atoms with Crippen molar-refractivity contribution in [1.82, 2.24) is 9.88 Å². The average Bonchev–Trinajstić information content (AvgIpc) is 2.83. The van der Waals surface area contributed by atoms with E-state index in [0.717, 1.165) is 53.5 Å². The first kappa shape index (κ1) is 20.8. The van der Waals surface area contributed by atoms with Crippen LogP contribution in [0.3, 0.4) is 0 Å². The summed E-state index contributed by atoms with van der Waals surface area (Å²) < 4.78 is 11.1. The van der Waals surface area contributed by atoms with E-state index < -0.39 is 0 Å². The van der Waals surface area contributed by atoms with Gasteiger partial charge >= 0.3 is 0 Å². The van der Waals surface area contributed by atoms with Crippen LogP contribution in [0.25, 0.3) is 22.0 Å². The molecule has 6 nitrogen and oxygen atoms in total. The van der Waals surface area contributed by atoms with Gasteiger partial charge in [-0.05, 0) is 42.2 Å². The summed E-state index contributed by atoms with van der Waals surface area (Å²) in [6.45, 7) is 1.32. The molecule has 1 fully saturated rings. The number of amides is 1. The van der Waals surface area contributed by atoms with Crippen LogP contribution in [-0.2, 0) is 20.7 Å². The molecule has 0 radical (unpaired) electrons. The number of carbonyl (C=O) groups is 2. The summed E-state index contributed by atoms with van der Waals surface area (Å²) in [6.07, 6.45) is 5.11. The number of halogens is 1. The lowest BCUT2D eigenvalue weighted by Gasteiger charge is -2.44. The fraction of sp³-hybridized carbons (Fsp3) is 0.320. The topological polar surface area (TPSA) is 68.7 Å². The molecule has 2 aliphatic heterocycles. The van der Waals surface area contributed by atoms with Crippen molar-refractivity contribution in [3.05, 3.63) is 59.2 Å². The van der Waals surface area contributed by atoms with Gasteiger partial charge in [-0.1, -0.05) is 35.9 Å². The van der Waals surface area contributed by atoms with E-state index >= 15 is 0 Å². The normalized spacial score (nSPS) is 17.0. The van der Waals surface area contributed by atoms with Crippen molar-refractivity contribution in [3.8, 4) is 16.9 Å². The minimum absolute atomic E-state index is 0.158. The lowest BCUT2D eigenvalue weighted by atomic mass is 9.82. The molecule has 2 aliphatic rings. The van der Waals surface area contributed by atoms with Gasteiger partial charge in [-0.25, -0.2) is 0 Å². The maximum absolute atomic E-state index is 12.1. The van der Waals surface area contributed by atoms with E-state index in [1.165, 1.54) is 5.56 Å². The van der Waals surface area contributed by atoms with Gasteiger partial charge < -0.3 is 14.4 Å². The molecule has 1 spiro atoms. The second-order valence-electron chi connectivity index (χ2n) is 8.40. The molecule has 1 amide bonds. The predicted molar refractivity (Wildman–Crippen MR) is 122 cm³/mol. The van der Waals surface area contributed by atoms with Crippen LogP contribution in [0, 0.1) is 0 Å². The van der Waals surface area contributed by atoms with Crippen molar-refractivity contribution < 1.29 is 19.1 Å². The Morgan fingerprint density at radius 3 is 2.84 bits per heavy atom. The van der Waals surface area contributed by atoms with Crippen LogP contribution in [0.5, 0.6) is 5.75 Å². The standard InChI is InChI=1S/C25H23ClN2O4/c26-23-20(5-3-17-2-1-11-27-24(17)23)18-4-6-21-19(14-18)7-8-25(32-21)9-12-28(13-10-25)22(30)15-31-16-29/h1-6,11,14,16H,7-10,12-13,15H2. The largest absolute Gasteiger partial charge is 0.487 e. The Morgan fingerprint density at radius 2 is 2.03 bits per heavy atom. The molecule has 164 valence electrons. The van der Waals surface area contributed by atoms with Crippen LogP contribution < -0.4 is 4.74 Å². The van der Waals surface area contributed by atoms with Crippen molar-refractivity contribution in [2.45, 2.75) is 31.3 Å². The van der Waals surface area contributed by atoms with Gasteiger partial charge in [0, 0.05) is 43.1 Å². The molecule has 0 unspecified atom stereocenters. The van der Waals surface area contributed by atoms with Gasteiger partial charge in [-0.2, -0.15) is 0 Å². The van der Waals surface area contributed by atoms with Crippen LogP contribution >= 0.6 is 11.6 Å². The second-order valence-corrected chi connectivity index (χ2v) is 8.78. The number of hydrogen-bond acceptors (Lipinski definition) is 5. The zero-order valence-corrected chi connectivity index (χ0v) is 18.3. The van der Waals surface area contributed by atoms with Crippen molar-refractivity contribution in [3.63, 3.8) is 0 Å². The summed E-state index contributed by atoms with van der Waals surface area (Å²) in [7, 11) is 0. The summed E-state index contributed by atoms with van der Waals surface area (Å²) in [5.41, 5.74) is 3.74. The summed E-state index contributed by atoms with van der Waals surface area (Å²) in [5.74, 6) is 0.744. The van der Waals surface area contributed by atoms with E-state index in [2.05, 4.69) is 15.8 Å². The third kappa shape index (κ3) is 3.79. The Labute approximate surface area is 191 Å². The Hall–Kier alpha value is -3.12. The fourth-order valence-electron chi connectivity index (χ4n) is 4.73. The highest BCUT2D eigenvalue weighted by Crippen LogP contribution is 2.42. The second kappa shape index (κ2) is 8.43. The summed E-state index contributed by atoms with van der Waals surface area (Å²) in [5, 5.41) is 1.68. The lowest BCUT2D eigenvalue weighted by molar-refractivity contribution is -0.145. The van der Waals surface area contributed by atoms with E-state index in [9.17, 15) is 9.59 Å². The van der Waals surface area contributed by atoms with E-state index in [4.69, 9.17) is 16.3 Å². The highest BCUT2D eigenvalue weighted by molar-refractivity contribution is 6.37. The fourth-order valence-corrected chi connectivity index (χ4v) is 5.06. The van der Waals surface area contributed by atoms with E-state index in [1.54, 1.807) is 11.1 Å². The summed E-state index contributed by atoms with van der Waals surface area (Å²) in [4.78, 5) is 28.6. The molecule has 7 heteroatoms. The highest BCUT2D eigenvalue weighted by atomic mass is 35.5. The molecule has 0 bridgehead atoms. The number of rotatable bonds is 4. The SMILES string of the molecule is O=COCC(=O)N1CCC2(CCc3cc(-c4ccc5cccnc5c4Cl)ccc3O2)CC1. The maximum atomic E-state index is 12.1. The lowest BCUT2D eigenvalue weighted by Crippen LogP contribution is -2.51. The first-order valence-electron chi connectivity index (χ1n) is 10.8. The zero-order valence-electron chi connectivity index (χ0n) is 17.6. The zero-order chi connectivity index (χ0) is 22.1. The Balaban J connectivity index is 1.33. The van der Waals surface area contributed by atoms with Crippen molar-refractivity contribution >= 4 is 34.9 Å². The van der Waals surface area contributed by atoms with E-state index in [1.807, 2.05) is 36.4 Å². The van der Waals surface area contributed by atoms with Crippen LogP contribution in [-0.4, -0.2) is 47.6 Å². The quantitative estimate of drug-likeness (QED) is 0.550. The number of nitrogens with zero attached hydrogens (tertiary/aromatic N) is 2. The molecule has 1 aromatic heterocycles. The molecule has 0 aliphatic carbocycles. The molecule has 0 N–H and O–H groups in total. The number of aryl methyl sites for hydroxylation is 1. The van der Waals surface area contributed by atoms with E-state index in [-0.39, 0.29) is 18.1 Å². The molecular formula is C25H23ClN2O4. The van der Waals surface area contributed by atoms with Gasteiger partial charge in [0.1, 0.15) is 11.4 Å². The van der Waals surface area contributed by atoms with Gasteiger partial charge in [0.05, 0.1) is 10.5 Å². The molecule has 1 saturated heterocycles. The minimum Gasteiger partial charge on any atom is -0.487 e. The van der Waals surface area contributed by atoms with Gasteiger partial charge in [0.25, 0.3) is 12.4 Å². The van der Waals surface area contributed by atoms with Gasteiger partial charge in [0.2, 0.25) is 0 Å². The minimum atomic E-state index is -0.249. The summed E-state index contributed by atoms with van der Waals surface area (Å²) >= 11 is 6.69. The Bertz CT molecular complexity index is 1190. The first-order valence-corrected chi connectivity index (χ1v) is 11.1. The molecule has 3 aromatic rings. The first-order chi connectivity index (χ1) is 15.6. The van der Waals surface area contributed by atoms with Gasteiger partial charge in [0.15, 0.2) is 6.61 Å². The molecule has 3 heterocycles. The molecule has 32 heavy (non-hydrogen) atoms. The van der Waals surface area contributed by atoms with Crippen LogP contribution in [0.4, 0.5) is 0 Å². The Morgan fingerprint density at radius 1 is 1.19 bits per heavy atom. The highest BCUT2D eigenvalue weighted by Gasteiger charge is 2.40. The van der Waals surface area contributed by atoms with Crippen molar-refractivity contribution in [2.24, 2.45) is 0 Å². The average molecular weight is 451 g/mol. The van der Waals surface area contributed by atoms with Crippen molar-refractivity contribution in [2.75, 3.05) is 19.7 Å². The van der Waals surface area contributed by atoms with Crippen LogP contribution in [0.15, 0.2) is 48.7 Å². The number of benzene rings is 2. The van der Waals surface area contributed by atoms with Gasteiger partial charge in [-0.3, -0.25) is 14.6 Å². The molecule has 0 saturated carbocycles. The third-order valence-electron chi connectivity index (χ3n) is 6.56. The number of carbonyl (C=O) groups excluding carboxylic acids is 2. The number of pyridine rings is 1. The molecule has 5 rings (SSSR count). The number of aromatic nitrogens is 1. The number of hydrogen-bond donors (Lipinski definition) is 0. The molecular weight excluding hydrogens is 428 g/mol. The predicted octanol–water partition coefficient (Wildman–Crippen LogP) is 4.41. The number of likely N-dealkylation sites (tertiary alicyclic amines) is 1. The monoisotopic (exact) mass is 450 g/mol. The van der Waals surface area contributed by atoms with Crippen LogP contribution in [0.2, 0.25) is 5.02 Å². The number of piperidine rings is 1. The number of ether oxygens (including phenoxy) is 2. The molecule has 0 atom stereocenters. The molecule has 2 aromatic carbocycles. The summed E-state index contributed by atoms with van der Waals surface area (Å²) in [6, 6.07) is 14.2. The van der Waals surface area contributed by atoms with Gasteiger partial charge in [-0.15, -0.1) is 0 Å². The van der Waals surface area contributed by atoms with Crippen LogP contribution in [0.1, 0.15) is 24.8 Å². The maximum Gasteiger partial charge on any atom is 0.293 e. The van der Waals surface area contributed by atoms with Crippen molar-refractivity contribution in [1.29, 1.82) is 0 Å².